The van der Waals surface area contributed by atoms with Crippen LogP contribution in [0.15, 0.2) is 0 Å². The van der Waals surface area contributed by atoms with E-state index in [9.17, 15) is 13.2 Å². The molecule has 0 fully saturated rings. The Hall–Kier alpha value is 0.230. The van der Waals surface area contributed by atoms with E-state index in [0.717, 1.165) is 18.2 Å². The van der Waals surface area contributed by atoms with Crippen molar-refractivity contribution in [1.29, 1.82) is 0 Å². The molecule has 0 radical (unpaired) electrons. The molecule has 0 N–H and O–H groups in total. The van der Waals surface area contributed by atoms with Crippen molar-refractivity contribution >= 4 is 15.9 Å². The average Bonchev–Trinajstić information content (AvgIpc) is 2.09. The smallest absolute Gasteiger partial charge is 0.372 e. The van der Waals surface area contributed by atoms with Gasteiger partial charge in [0.1, 0.15) is 6.61 Å². The second-order valence-electron chi connectivity index (χ2n) is 3.24. The summed E-state index contributed by atoms with van der Waals surface area (Å²) in [5.41, 5.74) is 0. The molecule has 0 aromatic carbocycles. The van der Waals surface area contributed by atoms with Gasteiger partial charge in [0.25, 0.3) is 0 Å². The summed E-state index contributed by atoms with van der Waals surface area (Å²) in [7, 11) is 0. The van der Waals surface area contributed by atoms with E-state index < -0.39 is 12.8 Å². The van der Waals surface area contributed by atoms with E-state index in [1.165, 1.54) is 0 Å². The topological polar surface area (TPSA) is 9.23 Å². The number of hydrogen-bond donors (Lipinski definition) is 0. The Kier molecular flexibility index (Phi) is 7.64. The number of hydrogen-bond acceptors (Lipinski definition) is 1. The van der Waals surface area contributed by atoms with E-state index in [0.29, 0.717) is 12.3 Å². The third-order valence-corrected chi connectivity index (χ3v) is 2.88. The highest BCUT2D eigenvalue weighted by molar-refractivity contribution is 9.09. The monoisotopic (exact) mass is 276 g/mol. The largest absolute Gasteiger partial charge is 0.411 e. The van der Waals surface area contributed by atoms with Crippen LogP contribution in [-0.2, 0) is 4.74 Å². The average molecular weight is 277 g/mol. The molecule has 14 heavy (non-hydrogen) atoms. The Morgan fingerprint density at radius 1 is 1.36 bits per heavy atom. The molecule has 0 aliphatic carbocycles. The lowest BCUT2D eigenvalue weighted by Gasteiger charge is -2.11. The third-order valence-electron chi connectivity index (χ3n) is 1.96. The van der Waals surface area contributed by atoms with Gasteiger partial charge in [0.05, 0.1) is 0 Å². The van der Waals surface area contributed by atoms with Gasteiger partial charge in [-0.2, -0.15) is 13.2 Å². The molecule has 5 heteroatoms. The minimum atomic E-state index is -4.19. The molecule has 0 aromatic rings. The predicted octanol–water partition coefficient (Wildman–Crippen LogP) is 3.77. The van der Waals surface area contributed by atoms with Crippen molar-refractivity contribution in [3.8, 4) is 0 Å². The Bertz CT molecular complexity index is 135. The van der Waals surface area contributed by atoms with Crippen molar-refractivity contribution in [2.75, 3.05) is 18.5 Å². The van der Waals surface area contributed by atoms with Gasteiger partial charge in [0.15, 0.2) is 0 Å². The minimum Gasteiger partial charge on any atom is -0.372 e. The van der Waals surface area contributed by atoms with Gasteiger partial charge < -0.3 is 4.74 Å². The van der Waals surface area contributed by atoms with Gasteiger partial charge in [-0.05, 0) is 18.8 Å². The summed E-state index contributed by atoms with van der Waals surface area (Å²) in [5, 5.41) is 0.906. The van der Waals surface area contributed by atoms with E-state index in [-0.39, 0.29) is 6.61 Å². The van der Waals surface area contributed by atoms with Crippen LogP contribution >= 0.6 is 15.9 Å². The van der Waals surface area contributed by atoms with Crippen molar-refractivity contribution in [2.24, 2.45) is 5.92 Å². The maximum Gasteiger partial charge on any atom is 0.411 e. The van der Waals surface area contributed by atoms with E-state index in [4.69, 9.17) is 0 Å². The first-order valence-electron chi connectivity index (χ1n) is 4.70. The lowest BCUT2D eigenvalue weighted by Crippen LogP contribution is -2.17. The summed E-state index contributed by atoms with van der Waals surface area (Å²) in [5.74, 6) is 0.546. The van der Waals surface area contributed by atoms with Crippen LogP contribution in [0.25, 0.3) is 0 Å². The van der Waals surface area contributed by atoms with Crippen LogP contribution in [0.2, 0.25) is 0 Å². The fourth-order valence-corrected chi connectivity index (χ4v) is 1.83. The zero-order valence-corrected chi connectivity index (χ0v) is 9.83. The second-order valence-corrected chi connectivity index (χ2v) is 3.89. The first kappa shape index (κ1) is 14.2. The maximum atomic E-state index is 11.6. The lowest BCUT2D eigenvalue weighted by molar-refractivity contribution is -0.174. The van der Waals surface area contributed by atoms with Crippen LogP contribution in [-0.4, -0.2) is 24.7 Å². The van der Waals surface area contributed by atoms with Crippen molar-refractivity contribution in [3.63, 3.8) is 0 Å². The van der Waals surface area contributed by atoms with Gasteiger partial charge in [-0.3, -0.25) is 0 Å². The Balaban J connectivity index is 3.29. The zero-order valence-electron chi connectivity index (χ0n) is 8.24. The summed E-state index contributed by atoms with van der Waals surface area (Å²) in [6.45, 7) is 1.14. The summed E-state index contributed by atoms with van der Waals surface area (Å²) < 4.78 is 39.4. The molecule has 0 saturated carbocycles. The lowest BCUT2D eigenvalue weighted by atomic mass is 10.0. The zero-order chi connectivity index (χ0) is 11.0. The van der Waals surface area contributed by atoms with E-state index in [1.807, 2.05) is 0 Å². The maximum absolute atomic E-state index is 11.6. The standard InChI is InChI=1S/C9H16BrF3O/c1-2-8(6-10)4-3-5-14-7-9(11,12)13/h8H,2-7H2,1H3. The molecule has 0 spiro atoms. The third kappa shape index (κ3) is 8.81. The highest BCUT2D eigenvalue weighted by Gasteiger charge is 2.27. The van der Waals surface area contributed by atoms with Crippen molar-refractivity contribution in [3.05, 3.63) is 0 Å². The van der Waals surface area contributed by atoms with Crippen LogP contribution in [0, 0.1) is 5.92 Å². The molecule has 0 rings (SSSR count). The van der Waals surface area contributed by atoms with Gasteiger partial charge in [-0.1, -0.05) is 29.3 Å². The van der Waals surface area contributed by atoms with Crippen molar-refractivity contribution < 1.29 is 17.9 Å². The second kappa shape index (κ2) is 7.51. The molecule has 1 atom stereocenters. The molecule has 0 aromatic heterocycles. The predicted molar refractivity (Wildman–Crippen MR) is 53.7 cm³/mol. The highest BCUT2D eigenvalue weighted by Crippen LogP contribution is 2.16. The van der Waals surface area contributed by atoms with E-state index >= 15 is 0 Å². The van der Waals surface area contributed by atoms with Gasteiger partial charge in [-0.25, -0.2) is 0 Å². The number of halogens is 4. The summed E-state index contributed by atoms with van der Waals surface area (Å²) in [6, 6.07) is 0. The summed E-state index contributed by atoms with van der Waals surface area (Å²) in [4.78, 5) is 0. The van der Waals surface area contributed by atoms with Crippen LogP contribution in [0.1, 0.15) is 26.2 Å². The molecule has 0 amide bonds. The minimum absolute atomic E-state index is 0.197. The SMILES string of the molecule is CCC(CBr)CCCOCC(F)(F)F. The first-order valence-corrected chi connectivity index (χ1v) is 5.82. The molecule has 0 heterocycles. The fraction of sp³-hybridized carbons (Fsp3) is 1.00. The van der Waals surface area contributed by atoms with Gasteiger partial charge in [-0.15, -0.1) is 0 Å². The fourth-order valence-electron chi connectivity index (χ4n) is 1.05. The molecule has 1 nitrogen and oxygen atoms in total. The van der Waals surface area contributed by atoms with Crippen LogP contribution in [0.3, 0.4) is 0 Å². The highest BCUT2D eigenvalue weighted by atomic mass is 79.9. The van der Waals surface area contributed by atoms with Crippen LogP contribution in [0.4, 0.5) is 13.2 Å². The molecule has 0 aliphatic rings. The Morgan fingerprint density at radius 3 is 2.43 bits per heavy atom. The van der Waals surface area contributed by atoms with E-state index in [2.05, 4.69) is 27.6 Å². The molecule has 0 bridgehead atoms. The van der Waals surface area contributed by atoms with E-state index in [1.54, 1.807) is 0 Å². The molecule has 0 saturated heterocycles. The van der Waals surface area contributed by atoms with Gasteiger partial charge in [0, 0.05) is 11.9 Å². The quantitative estimate of drug-likeness (QED) is 0.508. The van der Waals surface area contributed by atoms with Gasteiger partial charge >= 0.3 is 6.18 Å². The van der Waals surface area contributed by atoms with Gasteiger partial charge in [0.2, 0.25) is 0 Å². The molecular weight excluding hydrogens is 261 g/mol. The summed E-state index contributed by atoms with van der Waals surface area (Å²) in [6.07, 6.45) is -1.54. The van der Waals surface area contributed by atoms with Crippen LogP contribution < -0.4 is 0 Å². The van der Waals surface area contributed by atoms with Crippen molar-refractivity contribution in [1.82, 2.24) is 0 Å². The molecule has 1 unspecified atom stereocenters. The first-order chi connectivity index (χ1) is 6.49. The Morgan fingerprint density at radius 2 is 2.00 bits per heavy atom. The molecular formula is C9H16BrF3O. The molecule has 86 valence electrons. The van der Waals surface area contributed by atoms with Crippen LogP contribution in [0.5, 0.6) is 0 Å². The van der Waals surface area contributed by atoms with Crippen molar-refractivity contribution in [2.45, 2.75) is 32.4 Å². The number of rotatable bonds is 7. The molecule has 0 aliphatic heterocycles. The number of alkyl halides is 4. The normalized spacial score (nSPS) is 14.4. The summed E-state index contributed by atoms with van der Waals surface area (Å²) >= 11 is 3.36. The number of ether oxygens (including phenoxy) is 1. The Labute approximate surface area is 91.1 Å².